The van der Waals surface area contributed by atoms with E-state index < -0.39 is 0 Å². The van der Waals surface area contributed by atoms with Crippen LogP contribution in [0.4, 0.5) is 5.69 Å². The van der Waals surface area contributed by atoms with Crippen molar-refractivity contribution in [1.29, 1.82) is 0 Å². The summed E-state index contributed by atoms with van der Waals surface area (Å²) in [5.74, 6) is 0. The van der Waals surface area contributed by atoms with Crippen molar-refractivity contribution in [3.8, 4) is 0 Å². The first-order chi connectivity index (χ1) is 7.29. The van der Waals surface area contributed by atoms with Crippen LogP contribution in [0.2, 0.25) is 5.02 Å². The number of halogens is 1. The number of nitrogens with one attached hydrogen (secondary N) is 1. The number of nitrogens with zero attached hydrogens (tertiary/aromatic N) is 1. The molecule has 0 spiro atoms. The first-order valence-electron chi connectivity index (χ1n) is 5.53. The third-order valence-corrected chi connectivity index (χ3v) is 3.19. The predicted molar refractivity (Wildman–Crippen MR) is 65.7 cm³/mol. The van der Waals surface area contributed by atoms with Gasteiger partial charge in [-0.3, -0.25) is 0 Å². The van der Waals surface area contributed by atoms with Crippen LogP contribution in [0.5, 0.6) is 0 Å². The maximum absolute atomic E-state index is 5.88. The Morgan fingerprint density at radius 3 is 2.80 bits per heavy atom. The van der Waals surface area contributed by atoms with Gasteiger partial charge in [-0.05, 0) is 30.7 Å². The lowest BCUT2D eigenvalue weighted by molar-refractivity contribution is 0.447. The van der Waals surface area contributed by atoms with Crippen molar-refractivity contribution >= 4 is 17.3 Å². The highest BCUT2D eigenvalue weighted by Gasteiger charge is 2.17. The monoisotopic (exact) mass is 224 g/mol. The van der Waals surface area contributed by atoms with Crippen LogP contribution in [-0.2, 0) is 0 Å². The van der Waals surface area contributed by atoms with Crippen LogP contribution in [0.3, 0.4) is 0 Å². The van der Waals surface area contributed by atoms with E-state index in [0.29, 0.717) is 6.04 Å². The van der Waals surface area contributed by atoms with Crippen molar-refractivity contribution in [2.45, 2.75) is 19.4 Å². The Morgan fingerprint density at radius 1 is 1.40 bits per heavy atom. The summed E-state index contributed by atoms with van der Waals surface area (Å²) >= 11 is 5.88. The molecular weight excluding hydrogens is 208 g/mol. The number of rotatable bonds is 2. The smallest absolute Gasteiger partial charge is 0.0407 e. The highest BCUT2D eigenvalue weighted by atomic mass is 35.5. The molecule has 1 aliphatic heterocycles. The largest absolute Gasteiger partial charge is 0.369 e. The molecule has 1 aromatic rings. The van der Waals surface area contributed by atoms with Gasteiger partial charge in [-0.2, -0.15) is 0 Å². The average Bonchev–Trinajstić information content (AvgIpc) is 2.30. The Balaban J connectivity index is 2.06. The average molecular weight is 225 g/mol. The number of hydrogen-bond donors (Lipinski definition) is 1. The molecule has 1 heterocycles. The van der Waals surface area contributed by atoms with Crippen LogP contribution in [0.1, 0.15) is 13.3 Å². The molecule has 82 valence electrons. The fraction of sp³-hybridized carbons (Fsp3) is 0.500. The van der Waals surface area contributed by atoms with E-state index in [9.17, 15) is 0 Å². The van der Waals surface area contributed by atoms with Crippen molar-refractivity contribution < 1.29 is 0 Å². The van der Waals surface area contributed by atoms with Crippen LogP contribution in [0, 0.1) is 0 Å². The Bertz CT molecular complexity index is 310. The molecule has 3 heteroatoms. The third kappa shape index (κ3) is 2.64. The van der Waals surface area contributed by atoms with Gasteiger partial charge in [0.1, 0.15) is 0 Å². The molecule has 1 atom stereocenters. The van der Waals surface area contributed by atoms with E-state index in [0.717, 1.165) is 24.7 Å². The highest BCUT2D eigenvalue weighted by Crippen LogP contribution is 2.19. The van der Waals surface area contributed by atoms with Gasteiger partial charge >= 0.3 is 0 Å². The topological polar surface area (TPSA) is 15.3 Å². The normalized spacial score (nSPS) is 21.7. The Hall–Kier alpha value is -0.730. The molecule has 1 N–H and O–H groups in total. The summed E-state index contributed by atoms with van der Waals surface area (Å²) < 4.78 is 0. The summed E-state index contributed by atoms with van der Waals surface area (Å²) in [6, 6.07) is 8.73. The molecule has 1 fully saturated rings. The molecule has 15 heavy (non-hydrogen) atoms. The minimum atomic E-state index is 0.620. The second-order valence-corrected chi connectivity index (χ2v) is 4.42. The zero-order chi connectivity index (χ0) is 10.7. The van der Waals surface area contributed by atoms with Crippen molar-refractivity contribution in [3.05, 3.63) is 29.3 Å². The first-order valence-corrected chi connectivity index (χ1v) is 5.91. The Labute approximate surface area is 96.2 Å². The molecule has 2 nitrogen and oxygen atoms in total. The van der Waals surface area contributed by atoms with E-state index in [-0.39, 0.29) is 0 Å². The number of piperazine rings is 1. The van der Waals surface area contributed by atoms with Crippen molar-refractivity contribution in [2.24, 2.45) is 0 Å². The van der Waals surface area contributed by atoms with Crippen LogP contribution in [0.25, 0.3) is 0 Å². The summed E-state index contributed by atoms with van der Waals surface area (Å²) in [6.45, 7) is 5.47. The second-order valence-electron chi connectivity index (χ2n) is 3.98. The lowest BCUT2D eigenvalue weighted by Gasteiger charge is -2.34. The van der Waals surface area contributed by atoms with E-state index in [1.807, 2.05) is 12.1 Å². The van der Waals surface area contributed by atoms with E-state index in [4.69, 9.17) is 11.6 Å². The number of benzene rings is 1. The minimum Gasteiger partial charge on any atom is -0.369 e. The van der Waals surface area contributed by atoms with Gasteiger partial charge in [0.05, 0.1) is 0 Å². The minimum absolute atomic E-state index is 0.620. The van der Waals surface area contributed by atoms with Gasteiger partial charge in [-0.15, -0.1) is 0 Å². The summed E-state index contributed by atoms with van der Waals surface area (Å²) in [5.41, 5.74) is 1.28. The van der Waals surface area contributed by atoms with E-state index in [2.05, 4.69) is 29.3 Å². The zero-order valence-corrected chi connectivity index (χ0v) is 9.80. The first kappa shape index (κ1) is 10.8. The summed E-state index contributed by atoms with van der Waals surface area (Å²) in [5, 5.41) is 4.32. The van der Waals surface area contributed by atoms with E-state index >= 15 is 0 Å². The Morgan fingerprint density at radius 2 is 2.13 bits per heavy atom. The molecular formula is C12H17ClN2. The van der Waals surface area contributed by atoms with Crippen LogP contribution in [-0.4, -0.2) is 25.7 Å². The molecule has 0 aromatic heterocycles. The molecule has 0 amide bonds. The SMILES string of the molecule is CCC1CN(c2ccc(Cl)cc2)CCN1. The lowest BCUT2D eigenvalue weighted by atomic mass is 10.1. The molecule has 2 rings (SSSR count). The maximum Gasteiger partial charge on any atom is 0.0407 e. The van der Waals surface area contributed by atoms with Crippen LogP contribution < -0.4 is 10.2 Å². The van der Waals surface area contributed by atoms with Gasteiger partial charge in [-0.1, -0.05) is 18.5 Å². The van der Waals surface area contributed by atoms with Gasteiger partial charge in [0, 0.05) is 36.4 Å². The van der Waals surface area contributed by atoms with Crippen molar-refractivity contribution in [3.63, 3.8) is 0 Å². The van der Waals surface area contributed by atoms with Crippen LogP contribution in [0.15, 0.2) is 24.3 Å². The standard InChI is InChI=1S/C12H17ClN2/c1-2-11-9-15(8-7-14-11)12-5-3-10(13)4-6-12/h3-6,11,14H,2,7-9H2,1H3. The van der Waals surface area contributed by atoms with Gasteiger partial charge < -0.3 is 10.2 Å². The second kappa shape index (κ2) is 4.86. The molecule has 1 saturated heterocycles. The molecule has 0 aliphatic carbocycles. The molecule has 0 saturated carbocycles. The van der Waals surface area contributed by atoms with Crippen LogP contribution >= 0.6 is 11.6 Å². The van der Waals surface area contributed by atoms with Gasteiger partial charge in [0.25, 0.3) is 0 Å². The quantitative estimate of drug-likeness (QED) is 0.831. The van der Waals surface area contributed by atoms with Gasteiger partial charge in [-0.25, -0.2) is 0 Å². The van der Waals surface area contributed by atoms with Gasteiger partial charge in [0.15, 0.2) is 0 Å². The lowest BCUT2D eigenvalue weighted by Crippen LogP contribution is -2.50. The van der Waals surface area contributed by atoms with E-state index in [1.165, 1.54) is 12.1 Å². The Kier molecular flexibility index (Phi) is 3.49. The van der Waals surface area contributed by atoms with E-state index in [1.54, 1.807) is 0 Å². The molecule has 0 bridgehead atoms. The van der Waals surface area contributed by atoms with Crippen molar-refractivity contribution in [1.82, 2.24) is 5.32 Å². The number of hydrogen-bond acceptors (Lipinski definition) is 2. The maximum atomic E-state index is 5.88. The fourth-order valence-electron chi connectivity index (χ4n) is 1.99. The summed E-state index contributed by atoms with van der Waals surface area (Å²) in [6.07, 6.45) is 1.18. The summed E-state index contributed by atoms with van der Waals surface area (Å²) in [7, 11) is 0. The predicted octanol–water partition coefficient (Wildman–Crippen LogP) is 2.53. The molecule has 1 aliphatic rings. The highest BCUT2D eigenvalue weighted by molar-refractivity contribution is 6.30. The zero-order valence-electron chi connectivity index (χ0n) is 9.04. The van der Waals surface area contributed by atoms with Gasteiger partial charge in [0.2, 0.25) is 0 Å². The third-order valence-electron chi connectivity index (χ3n) is 2.94. The molecule has 1 unspecified atom stereocenters. The molecule has 1 aromatic carbocycles. The molecule has 0 radical (unpaired) electrons. The van der Waals surface area contributed by atoms with Crippen molar-refractivity contribution in [2.75, 3.05) is 24.5 Å². The summed E-state index contributed by atoms with van der Waals surface area (Å²) in [4.78, 5) is 2.42. The fourth-order valence-corrected chi connectivity index (χ4v) is 2.11. The number of anilines is 1.